The van der Waals surface area contributed by atoms with E-state index in [9.17, 15) is 9.59 Å². The molecule has 1 atom stereocenters. The van der Waals surface area contributed by atoms with Gasteiger partial charge in [-0.05, 0) is 32.3 Å². The molecule has 0 bridgehead atoms. The maximum atomic E-state index is 12.4. The van der Waals surface area contributed by atoms with Gasteiger partial charge in [0.1, 0.15) is 0 Å². The number of aryl methyl sites for hydroxylation is 2. The first kappa shape index (κ1) is 15.6. The van der Waals surface area contributed by atoms with Gasteiger partial charge in [0.05, 0.1) is 11.8 Å². The molecular formula is C15H23N3O3. The highest BCUT2D eigenvalue weighted by Gasteiger charge is 2.21. The van der Waals surface area contributed by atoms with Gasteiger partial charge in [-0.2, -0.15) is 0 Å². The lowest BCUT2D eigenvalue weighted by atomic mass is 10.2. The standard InChI is InChI=1S/C15H23N3O3/c1-4-18(9-12-6-5-7-21-12)15(20)16-13-10-17(3)14(19)8-11(13)2/h8,10,12H,4-7,9H2,1-3H3,(H,16,20). The molecule has 0 aliphatic carbocycles. The van der Waals surface area contributed by atoms with Crippen LogP contribution in [-0.4, -0.2) is 41.3 Å². The summed E-state index contributed by atoms with van der Waals surface area (Å²) < 4.78 is 7.03. The number of anilines is 1. The lowest BCUT2D eigenvalue weighted by Crippen LogP contribution is -2.40. The van der Waals surface area contributed by atoms with Crippen molar-refractivity contribution in [3.8, 4) is 0 Å². The monoisotopic (exact) mass is 293 g/mol. The quantitative estimate of drug-likeness (QED) is 0.919. The maximum absolute atomic E-state index is 12.4. The number of pyridine rings is 1. The summed E-state index contributed by atoms with van der Waals surface area (Å²) in [5.41, 5.74) is 1.34. The number of rotatable bonds is 4. The van der Waals surface area contributed by atoms with Crippen LogP contribution in [0.2, 0.25) is 0 Å². The number of aromatic nitrogens is 1. The average molecular weight is 293 g/mol. The second-order valence-corrected chi connectivity index (χ2v) is 5.42. The van der Waals surface area contributed by atoms with Gasteiger partial charge in [-0.3, -0.25) is 4.79 Å². The number of carbonyl (C=O) groups is 1. The number of nitrogens with zero attached hydrogens (tertiary/aromatic N) is 2. The number of urea groups is 1. The molecule has 6 heteroatoms. The van der Waals surface area contributed by atoms with Crippen molar-refractivity contribution in [1.82, 2.24) is 9.47 Å². The maximum Gasteiger partial charge on any atom is 0.321 e. The molecule has 1 unspecified atom stereocenters. The summed E-state index contributed by atoms with van der Waals surface area (Å²) in [4.78, 5) is 25.6. The van der Waals surface area contributed by atoms with E-state index in [2.05, 4.69) is 5.32 Å². The molecule has 1 aliphatic rings. The van der Waals surface area contributed by atoms with Gasteiger partial charge < -0.3 is 19.5 Å². The summed E-state index contributed by atoms with van der Waals surface area (Å²) >= 11 is 0. The van der Waals surface area contributed by atoms with Gasteiger partial charge in [0.15, 0.2) is 0 Å². The average Bonchev–Trinajstić information content (AvgIpc) is 2.95. The summed E-state index contributed by atoms with van der Waals surface area (Å²) in [5, 5.41) is 2.87. The number of hydrogen-bond donors (Lipinski definition) is 1. The van der Waals surface area contributed by atoms with Gasteiger partial charge in [-0.1, -0.05) is 0 Å². The van der Waals surface area contributed by atoms with Crippen LogP contribution in [-0.2, 0) is 11.8 Å². The lowest BCUT2D eigenvalue weighted by molar-refractivity contribution is 0.0849. The molecule has 0 spiro atoms. The fourth-order valence-electron chi connectivity index (χ4n) is 2.44. The summed E-state index contributed by atoms with van der Waals surface area (Å²) in [6.07, 6.45) is 3.85. The van der Waals surface area contributed by atoms with E-state index in [1.54, 1.807) is 18.1 Å². The summed E-state index contributed by atoms with van der Waals surface area (Å²) in [6.45, 7) is 5.77. The Hall–Kier alpha value is -1.82. The van der Waals surface area contributed by atoms with Gasteiger partial charge in [-0.15, -0.1) is 0 Å². The van der Waals surface area contributed by atoms with Crippen molar-refractivity contribution in [2.24, 2.45) is 7.05 Å². The number of nitrogens with one attached hydrogen (secondary N) is 1. The van der Waals surface area contributed by atoms with E-state index in [1.807, 2.05) is 13.8 Å². The number of carbonyl (C=O) groups excluding carboxylic acids is 1. The Bertz CT molecular complexity index is 562. The highest BCUT2D eigenvalue weighted by molar-refractivity contribution is 5.89. The molecular weight excluding hydrogens is 270 g/mol. The Kier molecular flexibility index (Phi) is 5.01. The van der Waals surface area contributed by atoms with Gasteiger partial charge in [0.25, 0.3) is 5.56 Å². The van der Waals surface area contributed by atoms with Gasteiger partial charge in [0, 0.05) is 39.0 Å². The van der Waals surface area contributed by atoms with Crippen LogP contribution in [0.4, 0.5) is 10.5 Å². The molecule has 116 valence electrons. The summed E-state index contributed by atoms with van der Waals surface area (Å²) in [5.74, 6) is 0. The summed E-state index contributed by atoms with van der Waals surface area (Å²) in [6, 6.07) is 1.36. The van der Waals surface area contributed by atoms with Crippen molar-refractivity contribution >= 4 is 11.7 Å². The van der Waals surface area contributed by atoms with E-state index in [1.165, 1.54) is 10.6 Å². The van der Waals surface area contributed by atoms with Crippen LogP contribution in [0.1, 0.15) is 25.3 Å². The molecule has 0 saturated carbocycles. The SMILES string of the molecule is CCN(CC1CCCO1)C(=O)Nc1cn(C)c(=O)cc1C. The largest absolute Gasteiger partial charge is 0.376 e. The van der Waals surface area contributed by atoms with Gasteiger partial charge in [-0.25, -0.2) is 4.79 Å². The van der Waals surface area contributed by atoms with Crippen molar-refractivity contribution in [1.29, 1.82) is 0 Å². The minimum atomic E-state index is -0.158. The topological polar surface area (TPSA) is 63.6 Å². The molecule has 1 aromatic rings. The Morgan fingerprint density at radius 3 is 2.95 bits per heavy atom. The fourth-order valence-corrected chi connectivity index (χ4v) is 2.44. The van der Waals surface area contributed by atoms with Crippen LogP contribution in [0.5, 0.6) is 0 Å². The van der Waals surface area contributed by atoms with E-state index >= 15 is 0 Å². The highest BCUT2D eigenvalue weighted by Crippen LogP contribution is 2.15. The Morgan fingerprint density at radius 1 is 1.57 bits per heavy atom. The second-order valence-electron chi connectivity index (χ2n) is 5.42. The third-order valence-corrected chi connectivity index (χ3v) is 3.79. The minimum absolute atomic E-state index is 0.0859. The molecule has 1 fully saturated rings. The third kappa shape index (κ3) is 3.85. The van der Waals surface area contributed by atoms with E-state index in [0.717, 1.165) is 25.0 Å². The number of amides is 2. The molecule has 1 N–H and O–H groups in total. The minimum Gasteiger partial charge on any atom is -0.376 e. The molecule has 21 heavy (non-hydrogen) atoms. The zero-order valence-electron chi connectivity index (χ0n) is 12.9. The smallest absolute Gasteiger partial charge is 0.321 e. The molecule has 2 amide bonds. The first-order valence-electron chi connectivity index (χ1n) is 7.36. The number of ether oxygens (including phenoxy) is 1. The zero-order chi connectivity index (χ0) is 15.4. The normalized spacial score (nSPS) is 17.8. The second kappa shape index (κ2) is 6.76. The van der Waals surface area contributed by atoms with E-state index in [4.69, 9.17) is 4.74 Å². The van der Waals surface area contributed by atoms with Gasteiger partial charge in [0.2, 0.25) is 0 Å². The highest BCUT2D eigenvalue weighted by atomic mass is 16.5. The Morgan fingerprint density at radius 2 is 2.33 bits per heavy atom. The first-order chi connectivity index (χ1) is 10.0. The van der Waals surface area contributed by atoms with Crippen LogP contribution in [0.3, 0.4) is 0 Å². The molecule has 1 aliphatic heterocycles. The fraction of sp³-hybridized carbons (Fsp3) is 0.600. The zero-order valence-corrected chi connectivity index (χ0v) is 12.9. The molecule has 0 aromatic carbocycles. The van der Waals surface area contributed by atoms with E-state index in [0.29, 0.717) is 18.8 Å². The molecule has 1 saturated heterocycles. The summed E-state index contributed by atoms with van der Waals surface area (Å²) in [7, 11) is 1.67. The third-order valence-electron chi connectivity index (χ3n) is 3.79. The van der Waals surface area contributed by atoms with Crippen LogP contribution >= 0.6 is 0 Å². The lowest BCUT2D eigenvalue weighted by Gasteiger charge is -2.24. The molecule has 2 rings (SSSR count). The van der Waals surface area contributed by atoms with Crippen molar-refractivity contribution in [2.75, 3.05) is 25.0 Å². The molecule has 1 aromatic heterocycles. The van der Waals surface area contributed by atoms with Crippen molar-refractivity contribution in [3.63, 3.8) is 0 Å². The predicted molar refractivity (Wildman–Crippen MR) is 81.7 cm³/mol. The van der Waals surface area contributed by atoms with Crippen LogP contribution in [0.15, 0.2) is 17.1 Å². The molecule has 0 radical (unpaired) electrons. The van der Waals surface area contributed by atoms with Crippen molar-refractivity contribution in [3.05, 3.63) is 28.2 Å². The van der Waals surface area contributed by atoms with Crippen molar-refractivity contribution < 1.29 is 9.53 Å². The number of hydrogen-bond acceptors (Lipinski definition) is 3. The molecule has 6 nitrogen and oxygen atoms in total. The Balaban J connectivity index is 2.04. The Labute approximate surface area is 124 Å². The first-order valence-corrected chi connectivity index (χ1v) is 7.36. The van der Waals surface area contributed by atoms with E-state index < -0.39 is 0 Å². The van der Waals surface area contributed by atoms with Crippen molar-refractivity contribution in [2.45, 2.75) is 32.8 Å². The predicted octanol–water partition coefficient (Wildman–Crippen LogP) is 1.73. The van der Waals surface area contributed by atoms with Crippen LogP contribution in [0, 0.1) is 6.92 Å². The number of likely N-dealkylation sites (N-methyl/N-ethyl adjacent to an activating group) is 1. The van der Waals surface area contributed by atoms with Crippen LogP contribution < -0.4 is 10.9 Å². The van der Waals surface area contributed by atoms with E-state index in [-0.39, 0.29) is 17.7 Å². The molecule has 2 heterocycles. The van der Waals surface area contributed by atoms with Gasteiger partial charge >= 0.3 is 6.03 Å². The van der Waals surface area contributed by atoms with Crippen LogP contribution in [0.25, 0.3) is 0 Å².